The Labute approximate surface area is 255 Å². The van der Waals surface area contributed by atoms with E-state index in [-0.39, 0.29) is 42.4 Å². The molecule has 2 atom stereocenters. The predicted octanol–water partition coefficient (Wildman–Crippen LogP) is 6.94. The first-order chi connectivity index (χ1) is 20.9. The maximum Gasteiger partial charge on any atom is 0.423 e. The lowest BCUT2D eigenvalue weighted by Crippen LogP contribution is -2.58. The van der Waals surface area contributed by atoms with E-state index in [2.05, 4.69) is 67.4 Å². The van der Waals surface area contributed by atoms with Crippen molar-refractivity contribution in [1.29, 1.82) is 0 Å². The van der Waals surface area contributed by atoms with Crippen LogP contribution in [0.1, 0.15) is 56.2 Å². The minimum atomic E-state index is -4.82. The number of alkyl halides is 3. The van der Waals surface area contributed by atoms with Crippen LogP contribution in [0, 0.1) is 17.0 Å². The van der Waals surface area contributed by atoms with Gasteiger partial charge in [-0.3, -0.25) is 19.8 Å². The minimum absolute atomic E-state index is 0.00356. The number of nitrogens with one attached hydrogen (secondary N) is 1. The van der Waals surface area contributed by atoms with E-state index in [1.165, 1.54) is 28.0 Å². The lowest BCUT2D eigenvalue weighted by molar-refractivity contribution is -0.388. The molecule has 1 saturated carbocycles. The van der Waals surface area contributed by atoms with E-state index in [9.17, 15) is 28.1 Å². The summed E-state index contributed by atoms with van der Waals surface area (Å²) in [6.45, 7) is 8.48. The first kappa shape index (κ1) is 31.7. The molecular formula is C33H39F3N4O4. The number of fused-ring (bicyclic) bond motifs is 1. The molecule has 2 aliphatic rings. The smallest absolute Gasteiger partial charge is 0.382 e. The number of ether oxygens (including phenoxy) is 1. The molecule has 236 valence electrons. The highest BCUT2D eigenvalue weighted by Gasteiger charge is 2.39. The molecule has 3 aromatic rings. The zero-order chi connectivity index (χ0) is 31.6. The van der Waals surface area contributed by atoms with Crippen LogP contribution in [0.3, 0.4) is 0 Å². The fourth-order valence-electron chi connectivity index (χ4n) is 6.50. The summed E-state index contributed by atoms with van der Waals surface area (Å²) in [4.78, 5) is 27.4. The summed E-state index contributed by atoms with van der Waals surface area (Å²) < 4.78 is 46.0. The van der Waals surface area contributed by atoms with Crippen molar-refractivity contribution in [2.24, 2.45) is 0 Å². The average Bonchev–Trinajstić information content (AvgIpc) is 2.97. The van der Waals surface area contributed by atoms with Crippen molar-refractivity contribution >= 4 is 28.1 Å². The van der Waals surface area contributed by atoms with Gasteiger partial charge in [0.15, 0.2) is 0 Å². The summed E-state index contributed by atoms with van der Waals surface area (Å²) in [7, 11) is 0. The molecule has 1 aliphatic carbocycles. The Morgan fingerprint density at radius 3 is 2.30 bits per heavy atom. The van der Waals surface area contributed by atoms with E-state index < -0.39 is 22.4 Å². The maximum atomic E-state index is 13.3. The fraction of sp³-hybridized carbons (Fsp3) is 0.485. The van der Waals surface area contributed by atoms with Crippen LogP contribution in [0.15, 0.2) is 54.6 Å². The molecule has 1 N–H and O–H groups in total. The van der Waals surface area contributed by atoms with Crippen LogP contribution in [0.4, 0.5) is 24.5 Å². The summed E-state index contributed by atoms with van der Waals surface area (Å²) in [6.07, 6.45) is -2.30. The number of hydrogen-bond donors (Lipinski definition) is 1. The van der Waals surface area contributed by atoms with Crippen LogP contribution < -0.4 is 5.32 Å². The highest BCUT2D eigenvalue weighted by Crippen LogP contribution is 2.38. The number of nitrogens with zero attached hydrogens (tertiary/aromatic N) is 3. The average molecular weight is 613 g/mol. The van der Waals surface area contributed by atoms with Gasteiger partial charge in [0.2, 0.25) is 5.91 Å². The predicted molar refractivity (Wildman–Crippen MR) is 163 cm³/mol. The Kier molecular flexibility index (Phi) is 9.45. The number of aryl methyl sites for hydroxylation is 1. The molecule has 1 saturated heterocycles. The second kappa shape index (κ2) is 13.1. The van der Waals surface area contributed by atoms with Crippen molar-refractivity contribution in [1.82, 2.24) is 9.80 Å². The molecule has 3 aromatic carbocycles. The van der Waals surface area contributed by atoms with E-state index in [0.717, 1.165) is 18.7 Å². The number of rotatable bonds is 8. The number of amides is 1. The van der Waals surface area contributed by atoms with Crippen molar-refractivity contribution in [3.05, 3.63) is 81.4 Å². The highest BCUT2D eigenvalue weighted by molar-refractivity contribution is 5.83. The number of nitro benzene ring substituents is 1. The Morgan fingerprint density at radius 1 is 0.977 bits per heavy atom. The Morgan fingerprint density at radius 2 is 1.64 bits per heavy atom. The summed E-state index contributed by atoms with van der Waals surface area (Å²) in [5, 5.41) is 16.6. The van der Waals surface area contributed by atoms with E-state index in [1.54, 1.807) is 0 Å². The summed E-state index contributed by atoms with van der Waals surface area (Å²) >= 11 is 0. The first-order valence-corrected chi connectivity index (χ1v) is 15.1. The van der Waals surface area contributed by atoms with Crippen LogP contribution in [0.5, 0.6) is 0 Å². The molecule has 0 spiro atoms. The number of hydrogen-bond acceptors (Lipinski definition) is 6. The van der Waals surface area contributed by atoms with Gasteiger partial charge in [-0.25, -0.2) is 0 Å². The molecule has 44 heavy (non-hydrogen) atoms. The van der Waals surface area contributed by atoms with Crippen molar-refractivity contribution in [3.63, 3.8) is 0 Å². The SMILES string of the molecule is Cc1ccc2cc(CN3[C@H](C)CN(C(=O)CO[C@H]4CC[C@H](Nc5ccc([N+](=O)[O-])c(C(F)(F)F)c5)CC4)C[C@@H]3C)ccc2c1. The summed E-state index contributed by atoms with van der Waals surface area (Å²) in [5.41, 5.74) is 0.460. The number of nitro groups is 1. The monoisotopic (exact) mass is 612 g/mol. The molecule has 2 fully saturated rings. The molecule has 11 heteroatoms. The normalized spacial score (nSPS) is 23.1. The van der Waals surface area contributed by atoms with Gasteiger partial charge in [0.1, 0.15) is 12.2 Å². The van der Waals surface area contributed by atoms with Crippen molar-refractivity contribution in [2.75, 3.05) is 25.0 Å². The van der Waals surface area contributed by atoms with Crippen molar-refractivity contribution in [3.8, 4) is 0 Å². The number of carbonyl (C=O) groups excluding carboxylic acids is 1. The van der Waals surface area contributed by atoms with E-state index >= 15 is 0 Å². The number of piperazine rings is 1. The molecule has 0 radical (unpaired) electrons. The molecule has 8 nitrogen and oxygen atoms in total. The van der Waals surface area contributed by atoms with Crippen LogP contribution >= 0.6 is 0 Å². The number of benzene rings is 3. The summed E-state index contributed by atoms with van der Waals surface area (Å²) in [6, 6.07) is 16.4. The van der Waals surface area contributed by atoms with Gasteiger partial charge in [0.25, 0.3) is 5.69 Å². The van der Waals surface area contributed by atoms with Crippen LogP contribution in [-0.2, 0) is 22.3 Å². The third-order valence-electron chi connectivity index (χ3n) is 8.87. The molecule has 0 aromatic heterocycles. The molecule has 1 heterocycles. The van der Waals surface area contributed by atoms with Gasteiger partial charge in [-0.15, -0.1) is 0 Å². The van der Waals surface area contributed by atoms with Gasteiger partial charge >= 0.3 is 6.18 Å². The standard InChI is InChI=1S/C33H39F3N4O4/c1-21-4-6-26-15-24(5-7-25(26)14-21)19-39-22(2)17-38(18-23(39)3)32(41)20-44-29-11-8-27(9-12-29)37-28-10-13-31(40(42)43)30(16-28)33(34,35)36/h4-7,10,13-16,22-23,27,29,37H,8-9,11-12,17-20H2,1-3H3/t22-,23+,27-,29-. The van der Waals surface area contributed by atoms with Gasteiger partial charge < -0.3 is 15.0 Å². The zero-order valence-corrected chi connectivity index (χ0v) is 25.3. The molecule has 1 amide bonds. The van der Waals surface area contributed by atoms with Gasteiger partial charge in [0, 0.05) is 49.5 Å². The quantitative estimate of drug-likeness (QED) is 0.219. The maximum absolute atomic E-state index is 13.3. The third-order valence-corrected chi connectivity index (χ3v) is 8.87. The van der Waals surface area contributed by atoms with Gasteiger partial charge in [0.05, 0.1) is 11.0 Å². The number of anilines is 1. The first-order valence-electron chi connectivity index (χ1n) is 15.1. The Bertz CT molecular complexity index is 1490. The van der Waals surface area contributed by atoms with E-state index in [0.29, 0.717) is 38.8 Å². The fourth-order valence-corrected chi connectivity index (χ4v) is 6.50. The van der Waals surface area contributed by atoms with Gasteiger partial charge in [-0.2, -0.15) is 13.2 Å². The topological polar surface area (TPSA) is 88.0 Å². The molecule has 5 rings (SSSR count). The third kappa shape index (κ3) is 7.50. The lowest BCUT2D eigenvalue weighted by atomic mass is 9.92. The van der Waals surface area contributed by atoms with Crippen molar-refractivity contribution in [2.45, 2.75) is 83.4 Å². The van der Waals surface area contributed by atoms with E-state index in [4.69, 9.17) is 4.74 Å². The van der Waals surface area contributed by atoms with Gasteiger partial charge in [-0.05, 0) is 81.0 Å². The van der Waals surface area contributed by atoms with Crippen LogP contribution in [0.2, 0.25) is 0 Å². The lowest BCUT2D eigenvalue weighted by Gasteiger charge is -2.44. The molecular weight excluding hydrogens is 573 g/mol. The zero-order valence-electron chi connectivity index (χ0n) is 25.3. The second-order valence-electron chi connectivity index (χ2n) is 12.3. The molecule has 1 aliphatic heterocycles. The number of carbonyl (C=O) groups is 1. The largest absolute Gasteiger partial charge is 0.423 e. The highest BCUT2D eigenvalue weighted by atomic mass is 19.4. The van der Waals surface area contributed by atoms with Crippen LogP contribution in [-0.4, -0.2) is 64.6 Å². The second-order valence-corrected chi connectivity index (χ2v) is 12.3. The Hall–Kier alpha value is -3.70. The minimum Gasteiger partial charge on any atom is -0.382 e. The van der Waals surface area contributed by atoms with Gasteiger partial charge in [-0.1, -0.05) is 35.9 Å². The molecule has 0 bridgehead atoms. The molecule has 0 unspecified atom stereocenters. The number of halogens is 3. The summed E-state index contributed by atoms with van der Waals surface area (Å²) in [5.74, 6) is -0.0322. The van der Waals surface area contributed by atoms with Crippen LogP contribution in [0.25, 0.3) is 10.8 Å². The Balaban J connectivity index is 1.08. The van der Waals surface area contributed by atoms with E-state index in [1.807, 2.05) is 4.90 Å². The van der Waals surface area contributed by atoms with Crippen molar-refractivity contribution < 1.29 is 27.6 Å².